The highest BCUT2D eigenvalue weighted by Gasteiger charge is 2.26. The number of halogens is 1. The number of benzene rings is 1. The fourth-order valence-corrected chi connectivity index (χ4v) is 3.79. The highest BCUT2D eigenvalue weighted by Crippen LogP contribution is 2.40. The molecule has 0 saturated heterocycles. The van der Waals surface area contributed by atoms with Crippen LogP contribution in [0.25, 0.3) is 22.0 Å². The first kappa shape index (κ1) is 19.0. The predicted octanol–water partition coefficient (Wildman–Crippen LogP) is 4.82. The number of carboxylic acids is 1. The molecule has 4 rings (SSSR count). The van der Waals surface area contributed by atoms with Crippen molar-refractivity contribution >= 4 is 28.5 Å². The van der Waals surface area contributed by atoms with E-state index < -0.39 is 5.97 Å². The summed E-state index contributed by atoms with van der Waals surface area (Å²) in [5.74, 6) is -0.683. The van der Waals surface area contributed by atoms with Gasteiger partial charge in [0.1, 0.15) is 5.69 Å². The van der Waals surface area contributed by atoms with Crippen LogP contribution >= 0.6 is 11.6 Å². The van der Waals surface area contributed by atoms with Crippen molar-refractivity contribution in [3.63, 3.8) is 0 Å². The Morgan fingerprint density at radius 2 is 2.00 bits per heavy atom. The van der Waals surface area contributed by atoms with Crippen LogP contribution < -0.4 is 4.74 Å². The number of pyridine rings is 2. The molecule has 0 aliphatic carbocycles. The molecule has 0 bridgehead atoms. The molecule has 1 N–H and O–H groups in total. The summed E-state index contributed by atoms with van der Waals surface area (Å²) in [6, 6.07) is 12.7. The Morgan fingerprint density at radius 1 is 1.17 bits per heavy atom. The van der Waals surface area contributed by atoms with Crippen LogP contribution in [0, 0.1) is 6.92 Å². The SMILES string of the molecule is COc1ncccc1-c1c(C(=O)O)n(Cc2ccnc(C)c2)c2ccc(Cl)cc12. The number of rotatable bonds is 5. The van der Waals surface area contributed by atoms with Gasteiger partial charge in [0.25, 0.3) is 0 Å². The van der Waals surface area contributed by atoms with Gasteiger partial charge in [-0.05, 0) is 55.0 Å². The Labute approximate surface area is 172 Å². The number of aromatic carboxylic acids is 1. The zero-order valence-electron chi connectivity index (χ0n) is 15.9. The molecule has 0 aliphatic rings. The van der Waals surface area contributed by atoms with Crippen LogP contribution in [0.2, 0.25) is 5.02 Å². The Bertz CT molecular complexity index is 1230. The third kappa shape index (κ3) is 3.43. The zero-order valence-corrected chi connectivity index (χ0v) is 16.6. The van der Waals surface area contributed by atoms with Gasteiger partial charge in [-0.25, -0.2) is 9.78 Å². The van der Waals surface area contributed by atoms with Crippen molar-refractivity contribution in [2.75, 3.05) is 7.11 Å². The number of carboxylic acid groups (broad SMARTS) is 1. The number of carbonyl (C=O) groups is 1. The van der Waals surface area contributed by atoms with Crippen molar-refractivity contribution in [1.29, 1.82) is 0 Å². The molecular formula is C22H18ClN3O3. The molecule has 7 heteroatoms. The zero-order chi connectivity index (χ0) is 20.5. The summed E-state index contributed by atoms with van der Waals surface area (Å²) < 4.78 is 7.18. The van der Waals surface area contributed by atoms with Gasteiger partial charge in [0.05, 0.1) is 7.11 Å². The average Bonchev–Trinajstić information content (AvgIpc) is 3.01. The molecule has 0 atom stereocenters. The van der Waals surface area contributed by atoms with E-state index in [2.05, 4.69) is 9.97 Å². The predicted molar refractivity (Wildman–Crippen MR) is 112 cm³/mol. The number of aryl methyl sites for hydroxylation is 1. The molecule has 29 heavy (non-hydrogen) atoms. The number of ether oxygens (including phenoxy) is 1. The van der Waals surface area contributed by atoms with Crippen LogP contribution in [-0.2, 0) is 6.54 Å². The van der Waals surface area contributed by atoms with E-state index >= 15 is 0 Å². The molecule has 6 nitrogen and oxygen atoms in total. The van der Waals surface area contributed by atoms with Crippen LogP contribution in [0.15, 0.2) is 54.9 Å². The van der Waals surface area contributed by atoms with E-state index in [4.69, 9.17) is 16.3 Å². The maximum atomic E-state index is 12.4. The van der Waals surface area contributed by atoms with Gasteiger partial charge in [0.2, 0.25) is 5.88 Å². The van der Waals surface area contributed by atoms with Gasteiger partial charge in [-0.3, -0.25) is 4.98 Å². The van der Waals surface area contributed by atoms with Crippen LogP contribution in [0.5, 0.6) is 5.88 Å². The second-order valence-electron chi connectivity index (χ2n) is 6.64. The smallest absolute Gasteiger partial charge is 0.353 e. The first-order valence-corrected chi connectivity index (χ1v) is 9.33. The van der Waals surface area contributed by atoms with Gasteiger partial charge < -0.3 is 14.4 Å². The van der Waals surface area contributed by atoms with Crippen molar-refractivity contribution in [2.24, 2.45) is 0 Å². The second kappa shape index (κ2) is 7.56. The molecule has 4 aromatic rings. The summed E-state index contributed by atoms with van der Waals surface area (Å²) in [5, 5.41) is 11.4. The fourth-order valence-electron chi connectivity index (χ4n) is 3.62. The average molecular weight is 408 g/mol. The minimum absolute atomic E-state index is 0.156. The van der Waals surface area contributed by atoms with Gasteiger partial charge in [-0.1, -0.05) is 11.6 Å². The largest absolute Gasteiger partial charge is 0.481 e. The minimum atomic E-state index is -1.04. The van der Waals surface area contributed by atoms with E-state index in [1.54, 1.807) is 41.2 Å². The lowest BCUT2D eigenvalue weighted by atomic mass is 10.0. The lowest BCUT2D eigenvalue weighted by molar-refractivity contribution is 0.0687. The number of fused-ring (bicyclic) bond motifs is 1. The van der Waals surface area contributed by atoms with Crippen LogP contribution in [-0.4, -0.2) is 32.7 Å². The van der Waals surface area contributed by atoms with Crippen molar-refractivity contribution in [3.8, 4) is 17.0 Å². The third-order valence-corrected chi connectivity index (χ3v) is 5.00. The van der Waals surface area contributed by atoms with E-state index in [1.807, 2.05) is 25.1 Å². The summed E-state index contributed by atoms with van der Waals surface area (Å²) in [4.78, 5) is 20.9. The van der Waals surface area contributed by atoms with Gasteiger partial charge >= 0.3 is 5.97 Å². The summed E-state index contributed by atoms with van der Waals surface area (Å²) in [5.41, 5.74) is 3.88. The molecule has 0 saturated carbocycles. The Morgan fingerprint density at radius 3 is 2.72 bits per heavy atom. The van der Waals surface area contributed by atoms with Gasteiger partial charge in [0, 0.05) is 51.7 Å². The number of methoxy groups -OCH3 is 1. The number of nitrogens with zero attached hydrogens (tertiary/aromatic N) is 3. The second-order valence-corrected chi connectivity index (χ2v) is 7.08. The summed E-state index contributed by atoms with van der Waals surface area (Å²) >= 11 is 6.26. The van der Waals surface area contributed by atoms with E-state index in [-0.39, 0.29) is 5.69 Å². The monoisotopic (exact) mass is 407 g/mol. The van der Waals surface area contributed by atoms with Crippen LogP contribution in [0.1, 0.15) is 21.7 Å². The maximum Gasteiger partial charge on any atom is 0.353 e. The lowest BCUT2D eigenvalue weighted by Crippen LogP contribution is -2.11. The summed E-state index contributed by atoms with van der Waals surface area (Å²) in [6.45, 7) is 2.28. The molecule has 1 aromatic carbocycles. The maximum absolute atomic E-state index is 12.4. The molecule has 0 fully saturated rings. The minimum Gasteiger partial charge on any atom is -0.481 e. The van der Waals surface area contributed by atoms with Crippen molar-refractivity contribution in [3.05, 3.63) is 76.8 Å². The van der Waals surface area contributed by atoms with Crippen molar-refractivity contribution < 1.29 is 14.6 Å². The number of hydrogen-bond acceptors (Lipinski definition) is 4. The van der Waals surface area contributed by atoms with Gasteiger partial charge in [-0.2, -0.15) is 0 Å². The molecule has 3 aromatic heterocycles. The standard InChI is InChI=1S/C22H18ClN3O3/c1-13-10-14(7-9-24-13)12-26-18-6-5-15(23)11-17(18)19(20(26)22(27)28)16-4-3-8-25-21(16)29-2/h3-11H,12H2,1-2H3,(H,27,28). The number of aromatic nitrogens is 3. The molecular weight excluding hydrogens is 390 g/mol. The van der Waals surface area contributed by atoms with E-state index in [9.17, 15) is 9.90 Å². The van der Waals surface area contributed by atoms with Crippen LogP contribution in [0.4, 0.5) is 0 Å². The third-order valence-electron chi connectivity index (χ3n) is 4.76. The molecule has 0 spiro atoms. The highest BCUT2D eigenvalue weighted by atomic mass is 35.5. The molecule has 0 aliphatic heterocycles. The van der Waals surface area contributed by atoms with E-state index in [1.165, 1.54) is 7.11 Å². The first-order chi connectivity index (χ1) is 14.0. The molecule has 0 amide bonds. The van der Waals surface area contributed by atoms with Gasteiger partial charge in [0.15, 0.2) is 0 Å². The van der Waals surface area contributed by atoms with E-state index in [0.717, 1.165) is 22.2 Å². The summed E-state index contributed by atoms with van der Waals surface area (Å²) in [7, 11) is 1.51. The lowest BCUT2D eigenvalue weighted by Gasteiger charge is -2.11. The van der Waals surface area contributed by atoms with Gasteiger partial charge in [-0.15, -0.1) is 0 Å². The quantitative estimate of drug-likeness (QED) is 0.513. The topological polar surface area (TPSA) is 77.2 Å². The highest BCUT2D eigenvalue weighted by molar-refractivity contribution is 6.31. The molecule has 0 unspecified atom stereocenters. The number of hydrogen-bond donors (Lipinski definition) is 1. The van der Waals surface area contributed by atoms with E-state index in [0.29, 0.717) is 28.6 Å². The molecule has 3 heterocycles. The molecule has 146 valence electrons. The molecule has 0 radical (unpaired) electrons. The van der Waals surface area contributed by atoms with Crippen LogP contribution in [0.3, 0.4) is 0 Å². The van der Waals surface area contributed by atoms with Crippen molar-refractivity contribution in [1.82, 2.24) is 14.5 Å². The Kier molecular flexibility index (Phi) is 4.94. The first-order valence-electron chi connectivity index (χ1n) is 8.95. The van der Waals surface area contributed by atoms with Crippen molar-refractivity contribution in [2.45, 2.75) is 13.5 Å². The normalized spacial score (nSPS) is 11.0. The fraction of sp³-hybridized carbons (Fsp3) is 0.136. The Hall–Kier alpha value is -3.38. The summed E-state index contributed by atoms with van der Waals surface area (Å²) in [6.07, 6.45) is 3.33. The Balaban J connectivity index is 2.06.